The summed E-state index contributed by atoms with van der Waals surface area (Å²) in [6, 6.07) is 13.1. The Morgan fingerprint density at radius 2 is 1.19 bits per heavy atom. The number of esters is 1. The first-order chi connectivity index (χ1) is 20.7. The highest BCUT2D eigenvalue weighted by atomic mass is 16.7. The smallest absolute Gasteiger partial charge is 0.338 e. The van der Waals surface area contributed by atoms with Crippen LogP contribution in [0.2, 0.25) is 0 Å². The molecule has 6 heteroatoms. The van der Waals surface area contributed by atoms with Gasteiger partial charge in [-0.3, -0.25) is 0 Å². The molecule has 0 aliphatic rings. The van der Waals surface area contributed by atoms with E-state index in [1.165, 1.54) is 70.6 Å². The van der Waals surface area contributed by atoms with Gasteiger partial charge >= 0.3 is 5.97 Å². The normalized spacial score (nSPS) is 11.4. The molecule has 0 N–H and O–H groups in total. The number of hydrogen-bond acceptors (Lipinski definition) is 6. The molecule has 0 unspecified atom stereocenters. The molecular formula is C36H52O6. The van der Waals surface area contributed by atoms with E-state index in [1.54, 1.807) is 26.4 Å². The zero-order chi connectivity index (χ0) is 30.1. The number of rotatable bonds is 24. The molecule has 0 saturated carbocycles. The molecule has 2 aromatic rings. The highest BCUT2D eigenvalue weighted by molar-refractivity contribution is 5.89. The maximum Gasteiger partial charge on any atom is 0.338 e. The molecule has 2 rings (SSSR count). The van der Waals surface area contributed by atoms with Gasteiger partial charge in [-0.25, -0.2) is 4.79 Å². The van der Waals surface area contributed by atoms with Crippen LogP contribution in [0.5, 0.6) is 11.5 Å². The molecule has 0 atom stereocenters. The van der Waals surface area contributed by atoms with Crippen LogP contribution in [-0.4, -0.2) is 40.4 Å². The largest absolute Gasteiger partial charge is 0.464 e. The monoisotopic (exact) mass is 580 g/mol. The van der Waals surface area contributed by atoms with Crippen LogP contribution >= 0.6 is 0 Å². The average Bonchev–Trinajstić information content (AvgIpc) is 3.02. The highest BCUT2D eigenvalue weighted by Crippen LogP contribution is 2.29. The van der Waals surface area contributed by atoms with Crippen LogP contribution in [-0.2, 0) is 14.2 Å². The summed E-state index contributed by atoms with van der Waals surface area (Å²) in [6.07, 6.45) is 24.9. The zero-order valence-corrected chi connectivity index (χ0v) is 26.1. The Kier molecular flexibility index (Phi) is 19.6. The third kappa shape index (κ3) is 15.8. The van der Waals surface area contributed by atoms with Gasteiger partial charge in [-0.1, -0.05) is 107 Å². The fourth-order valence-corrected chi connectivity index (χ4v) is 4.44. The predicted molar refractivity (Wildman–Crippen MR) is 172 cm³/mol. The van der Waals surface area contributed by atoms with Crippen molar-refractivity contribution < 1.29 is 28.5 Å². The fraction of sp³-hybridized carbons (Fsp3) is 0.528. The molecule has 0 radical (unpaired) electrons. The number of allylic oxidation sites excluding steroid dienone is 2. The van der Waals surface area contributed by atoms with Crippen molar-refractivity contribution in [2.75, 3.05) is 34.4 Å². The Hall–Kier alpha value is -3.09. The van der Waals surface area contributed by atoms with Gasteiger partial charge in [0, 0.05) is 14.2 Å². The first kappa shape index (κ1) is 35.1. The van der Waals surface area contributed by atoms with Crippen LogP contribution in [0.3, 0.4) is 0 Å². The van der Waals surface area contributed by atoms with E-state index in [2.05, 4.69) is 19.1 Å². The molecule has 0 aliphatic heterocycles. The second kappa shape index (κ2) is 23.5. The van der Waals surface area contributed by atoms with Crippen molar-refractivity contribution >= 4 is 18.1 Å². The Labute approximate surface area is 254 Å². The molecule has 0 spiro atoms. The van der Waals surface area contributed by atoms with Gasteiger partial charge in [0.2, 0.25) is 0 Å². The van der Waals surface area contributed by atoms with Crippen molar-refractivity contribution in [2.24, 2.45) is 0 Å². The van der Waals surface area contributed by atoms with Crippen molar-refractivity contribution in [3.05, 3.63) is 71.3 Å². The molecule has 0 amide bonds. The predicted octanol–water partition coefficient (Wildman–Crippen LogP) is 9.63. The summed E-state index contributed by atoms with van der Waals surface area (Å²) in [7, 11) is 3.14. The van der Waals surface area contributed by atoms with E-state index in [-0.39, 0.29) is 19.6 Å². The lowest BCUT2D eigenvalue weighted by Crippen LogP contribution is -2.06. The van der Waals surface area contributed by atoms with E-state index in [0.29, 0.717) is 23.7 Å². The topological polar surface area (TPSA) is 63.2 Å². The van der Waals surface area contributed by atoms with Crippen LogP contribution in [0.25, 0.3) is 12.2 Å². The Morgan fingerprint density at radius 3 is 1.83 bits per heavy atom. The van der Waals surface area contributed by atoms with Gasteiger partial charge < -0.3 is 23.7 Å². The van der Waals surface area contributed by atoms with E-state index >= 15 is 0 Å². The van der Waals surface area contributed by atoms with Gasteiger partial charge in [-0.05, 0) is 61.1 Å². The van der Waals surface area contributed by atoms with E-state index < -0.39 is 0 Å². The van der Waals surface area contributed by atoms with Crippen molar-refractivity contribution in [1.29, 1.82) is 0 Å². The fourth-order valence-electron chi connectivity index (χ4n) is 4.44. The second-order valence-electron chi connectivity index (χ2n) is 10.5. The summed E-state index contributed by atoms with van der Waals surface area (Å²) < 4.78 is 26.7. The maximum atomic E-state index is 12.4. The van der Waals surface area contributed by atoms with E-state index in [9.17, 15) is 4.79 Å². The molecule has 0 fully saturated rings. The summed E-state index contributed by atoms with van der Waals surface area (Å²) >= 11 is 0. The minimum Gasteiger partial charge on any atom is -0.464 e. The molecule has 0 saturated heterocycles. The van der Waals surface area contributed by atoms with Gasteiger partial charge in [-0.2, -0.15) is 0 Å². The van der Waals surface area contributed by atoms with Gasteiger partial charge in [-0.15, -0.1) is 0 Å². The number of benzene rings is 2. The number of hydrogen-bond donors (Lipinski definition) is 0. The van der Waals surface area contributed by atoms with Crippen molar-refractivity contribution in [3.63, 3.8) is 0 Å². The van der Waals surface area contributed by atoms with Crippen molar-refractivity contribution in [2.45, 2.75) is 90.4 Å². The average molecular weight is 581 g/mol. The number of carbonyl (C=O) groups excluding carboxylic acids is 1. The molecule has 0 aromatic heterocycles. The van der Waals surface area contributed by atoms with Crippen LogP contribution in [0, 0.1) is 0 Å². The van der Waals surface area contributed by atoms with Crippen molar-refractivity contribution in [3.8, 4) is 11.5 Å². The Morgan fingerprint density at radius 1 is 0.643 bits per heavy atom. The number of ether oxygens (including phenoxy) is 5. The molecular weight excluding hydrogens is 528 g/mol. The second-order valence-corrected chi connectivity index (χ2v) is 10.5. The molecule has 0 bridgehead atoms. The summed E-state index contributed by atoms with van der Waals surface area (Å²) in [4.78, 5) is 12.4. The van der Waals surface area contributed by atoms with E-state index in [0.717, 1.165) is 24.0 Å². The van der Waals surface area contributed by atoms with Gasteiger partial charge in [0.15, 0.2) is 25.1 Å². The summed E-state index contributed by atoms with van der Waals surface area (Å²) in [6.45, 7) is 2.96. The van der Waals surface area contributed by atoms with E-state index in [4.69, 9.17) is 23.7 Å². The van der Waals surface area contributed by atoms with Crippen LogP contribution in [0.4, 0.5) is 0 Å². The molecule has 0 heterocycles. The molecule has 0 aliphatic carbocycles. The standard InChI is InChI=1S/C36H52O6/c1-4-5-6-7-8-9-10-11-12-13-14-15-16-17-18-27-40-36(37)33-24-21-31(22-25-33)19-20-32-23-26-34(41-29-38-2)35(28-32)42-30-39-3/h7-8,19-26,28H,4-6,9-18,27,29-30H2,1-3H3. The van der Waals surface area contributed by atoms with Crippen LogP contribution in [0.1, 0.15) is 112 Å². The van der Waals surface area contributed by atoms with Gasteiger partial charge in [0.1, 0.15) is 0 Å². The Bertz CT molecular complexity index is 1030. The van der Waals surface area contributed by atoms with Crippen LogP contribution < -0.4 is 9.47 Å². The minimum atomic E-state index is -0.266. The lowest BCUT2D eigenvalue weighted by molar-refractivity contribution is 0.0322. The lowest BCUT2D eigenvalue weighted by atomic mass is 10.1. The third-order valence-electron chi connectivity index (χ3n) is 6.89. The Balaban J connectivity index is 1.60. The van der Waals surface area contributed by atoms with Gasteiger partial charge in [0.05, 0.1) is 12.2 Å². The zero-order valence-electron chi connectivity index (χ0n) is 26.1. The maximum absolute atomic E-state index is 12.4. The number of methoxy groups -OCH3 is 2. The highest BCUT2D eigenvalue weighted by Gasteiger charge is 2.08. The first-order valence-corrected chi connectivity index (χ1v) is 15.7. The molecule has 2 aromatic carbocycles. The van der Waals surface area contributed by atoms with Gasteiger partial charge in [0.25, 0.3) is 0 Å². The summed E-state index contributed by atoms with van der Waals surface area (Å²) in [5, 5.41) is 0. The van der Waals surface area contributed by atoms with E-state index in [1.807, 2.05) is 42.5 Å². The molecule has 232 valence electrons. The summed E-state index contributed by atoms with van der Waals surface area (Å²) in [5.74, 6) is 0.884. The summed E-state index contributed by atoms with van der Waals surface area (Å²) in [5.41, 5.74) is 2.49. The minimum absolute atomic E-state index is 0.117. The molecule has 42 heavy (non-hydrogen) atoms. The molecule has 6 nitrogen and oxygen atoms in total. The number of unbranched alkanes of at least 4 members (excludes halogenated alkanes) is 11. The van der Waals surface area contributed by atoms with Crippen LogP contribution in [0.15, 0.2) is 54.6 Å². The van der Waals surface area contributed by atoms with Crippen molar-refractivity contribution in [1.82, 2.24) is 0 Å². The third-order valence-corrected chi connectivity index (χ3v) is 6.89. The first-order valence-electron chi connectivity index (χ1n) is 15.7. The lowest BCUT2D eigenvalue weighted by Gasteiger charge is -2.12. The number of carbonyl (C=O) groups is 1. The quantitative estimate of drug-likeness (QED) is 0.0405. The SMILES string of the molecule is CCCCC=CCCCCCCCCCCCOC(=O)c1ccc(C=Cc2ccc(OCOC)c(OCOC)c2)cc1.